The van der Waals surface area contributed by atoms with E-state index < -0.39 is 0 Å². The van der Waals surface area contributed by atoms with E-state index in [0.717, 1.165) is 38.6 Å². The third kappa shape index (κ3) is 20.0. The van der Waals surface area contributed by atoms with Crippen molar-refractivity contribution in [1.29, 1.82) is 0 Å². The molecule has 200 valence electrons. The lowest BCUT2D eigenvalue weighted by molar-refractivity contribution is -0.124. The SMILES string of the molecule is CNCCC(C(=O)NCCCN(C)C)C(=CCCCCCCCCCCCCCC(C)=O)NO. The Morgan fingerprint density at radius 3 is 1.91 bits per heavy atom. The van der Waals surface area contributed by atoms with Crippen molar-refractivity contribution in [1.82, 2.24) is 21.0 Å². The number of carbonyl (C=O) groups is 2. The molecule has 34 heavy (non-hydrogen) atoms. The largest absolute Gasteiger partial charge is 0.355 e. The van der Waals surface area contributed by atoms with Crippen LogP contribution in [0.15, 0.2) is 11.8 Å². The summed E-state index contributed by atoms with van der Waals surface area (Å²) in [7, 11) is 5.92. The Hall–Kier alpha value is -1.44. The van der Waals surface area contributed by atoms with E-state index in [-0.39, 0.29) is 11.8 Å². The van der Waals surface area contributed by atoms with Gasteiger partial charge in [0.15, 0.2) is 0 Å². The monoisotopic (exact) mass is 482 g/mol. The molecule has 0 fully saturated rings. The first kappa shape index (κ1) is 32.6. The van der Waals surface area contributed by atoms with Gasteiger partial charge in [-0.25, -0.2) is 0 Å². The minimum Gasteiger partial charge on any atom is -0.355 e. The number of carbonyl (C=O) groups excluding carboxylic acids is 2. The molecule has 0 bridgehead atoms. The van der Waals surface area contributed by atoms with Crippen molar-refractivity contribution in [3.8, 4) is 0 Å². The molecule has 1 atom stereocenters. The van der Waals surface area contributed by atoms with Crippen LogP contribution < -0.4 is 16.1 Å². The van der Waals surface area contributed by atoms with Crippen LogP contribution in [-0.4, -0.2) is 62.6 Å². The summed E-state index contributed by atoms with van der Waals surface area (Å²) in [6, 6.07) is 0. The fourth-order valence-corrected chi connectivity index (χ4v) is 4.08. The van der Waals surface area contributed by atoms with Crippen LogP contribution >= 0.6 is 0 Å². The number of hydrogen-bond acceptors (Lipinski definition) is 6. The highest BCUT2D eigenvalue weighted by Crippen LogP contribution is 2.16. The average molecular weight is 483 g/mol. The van der Waals surface area contributed by atoms with Crippen LogP contribution in [0.1, 0.15) is 103 Å². The van der Waals surface area contributed by atoms with Gasteiger partial charge in [-0.2, -0.15) is 0 Å². The lowest BCUT2D eigenvalue weighted by atomic mass is 9.98. The first-order valence-electron chi connectivity index (χ1n) is 13.6. The Labute approximate surface area is 209 Å². The molecule has 0 radical (unpaired) electrons. The summed E-state index contributed by atoms with van der Waals surface area (Å²) in [5.41, 5.74) is 2.91. The summed E-state index contributed by atoms with van der Waals surface area (Å²) in [6.45, 7) is 3.97. The Morgan fingerprint density at radius 1 is 0.853 bits per heavy atom. The maximum atomic E-state index is 12.7. The molecule has 0 aliphatic carbocycles. The Bertz CT molecular complexity index is 538. The van der Waals surface area contributed by atoms with E-state index in [1.807, 2.05) is 27.2 Å². The molecule has 7 nitrogen and oxygen atoms in total. The van der Waals surface area contributed by atoms with Crippen molar-refractivity contribution in [2.45, 2.75) is 103 Å². The maximum absolute atomic E-state index is 12.7. The van der Waals surface area contributed by atoms with Crippen LogP contribution in [-0.2, 0) is 9.59 Å². The number of nitrogens with zero attached hydrogens (tertiary/aromatic N) is 1. The van der Waals surface area contributed by atoms with E-state index in [1.54, 1.807) is 6.92 Å². The number of Topliss-reactive ketones (excluding diaryl/α,β-unsaturated/α-hetero) is 1. The van der Waals surface area contributed by atoms with E-state index in [4.69, 9.17) is 0 Å². The number of hydroxylamine groups is 1. The molecule has 0 spiro atoms. The zero-order valence-corrected chi connectivity index (χ0v) is 22.6. The summed E-state index contributed by atoms with van der Waals surface area (Å²) >= 11 is 0. The number of rotatable bonds is 24. The van der Waals surface area contributed by atoms with E-state index in [0.29, 0.717) is 31.0 Å². The molecule has 0 aliphatic heterocycles. The van der Waals surface area contributed by atoms with Gasteiger partial charge in [-0.1, -0.05) is 63.9 Å². The van der Waals surface area contributed by atoms with Crippen LogP contribution in [0.2, 0.25) is 0 Å². The van der Waals surface area contributed by atoms with Crippen molar-refractivity contribution >= 4 is 11.7 Å². The highest BCUT2D eigenvalue weighted by Gasteiger charge is 2.22. The highest BCUT2D eigenvalue weighted by atomic mass is 16.5. The topological polar surface area (TPSA) is 93.7 Å². The van der Waals surface area contributed by atoms with Crippen molar-refractivity contribution in [3.63, 3.8) is 0 Å². The van der Waals surface area contributed by atoms with Crippen LogP contribution in [0.4, 0.5) is 0 Å². The molecule has 7 heteroatoms. The molecule has 1 amide bonds. The molecule has 0 aromatic carbocycles. The van der Waals surface area contributed by atoms with Gasteiger partial charge >= 0.3 is 0 Å². The van der Waals surface area contributed by atoms with Gasteiger partial charge in [-0.3, -0.25) is 15.5 Å². The summed E-state index contributed by atoms with van der Waals surface area (Å²) in [6.07, 6.45) is 18.6. The predicted octanol–water partition coefficient (Wildman–Crippen LogP) is 4.80. The predicted molar refractivity (Wildman–Crippen MR) is 142 cm³/mol. The van der Waals surface area contributed by atoms with Gasteiger partial charge in [0.25, 0.3) is 0 Å². The molecule has 0 rings (SSSR count). The van der Waals surface area contributed by atoms with Crippen LogP contribution in [0, 0.1) is 5.92 Å². The van der Waals surface area contributed by atoms with Crippen molar-refractivity contribution in [3.05, 3.63) is 11.8 Å². The molecular formula is C27H54N4O3. The highest BCUT2D eigenvalue weighted by molar-refractivity contribution is 5.81. The van der Waals surface area contributed by atoms with Crippen molar-refractivity contribution in [2.24, 2.45) is 5.92 Å². The lowest BCUT2D eigenvalue weighted by Gasteiger charge is -2.20. The number of hydrogen-bond donors (Lipinski definition) is 4. The van der Waals surface area contributed by atoms with Gasteiger partial charge in [0, 0.05) is 18.7 Å². The van der Waals surface area contributed by atoms with Gasteiger partial charge in [0.05, 0.1) is 5.92 Å². The second-order valence-electron chi connectivity index (χ2n) is 9.79. The minimum absolute atomic E-state index is 0.0272. The molecule has 0 aromatic rings. The number of nitrogens with one attached hydrogen (secondary N) is 3. The van der Waals surface area contributed by atoms with Crippen molar-refractivity contribution < 1.29 is 14.8 Å². The van der Waals surface area contributed by atoms with Crippen LogP contribution in [0.25, 0.3) is 0 Å². The first-order chi connectivity index (χ1) is 16.4. The number of unbranched alkanes of at least 4 members (excludes halogenated alkanes) is 11. The van der Waals surface area contributed by atoms with E-state index in [9.17, 15) is 14.8 Å². The standard InChI is InChI=1S/C27H54N4O3/c1-24(32)18-15-13-11-9-7-5-6-8-10-12-14-16-19-26(30-34)25(20-22-28-2)27(33)29-21-17-23-31(3)4/h19,25,28,30,34H,5-18,20-23H2,1-4H3,(H,29,33). The van der Waals surface area contributed by atoms with Crippen LogP contribution in [0.5, 0.6) is 0 Å². The average Bonchev–Trinajstić information content (AvgIpc) is 2.80. The number of ketones is 1. The Kier molecular flexibility index (Phi) is 22.3. The third-order valence-electron chi connectivity index (χ3n) is 6.18. The smallest absolute Gasteiger partial charge is 0.229 e. The van der Waals surface area contributed by atoms with Gasteiger partial charge in [0.1, 0.15) is 5.78 Å². The summed E-state index contributed by atoms with van der Waals surface area (Å²) in [4.78, 5) is 25.7. The van der Waals surface area contributed by atoms with Gasteiger partial charge in [0.2, 0.25) is 5.91 Å². The van der Waals surface area contributed by atoms with Gasteiger partial charge < -0.3 is 20.3 Å². The maximum Gasteiger partial charge on any atom is 0.229 e. The Balaban J connectivity index is 4.05. The van der Waals surface area contributed by atoms with Gasteiger partial charge in [-0.05, 0) is 73.3 Å². The quantitative estimate of drug-likeness (QED) is 0.117. The third-order valence-corrected chi connectivity index (χ3v) is 6.18. The number of amides is 1. The molecule has 0 aliphatic rings. The second-order valence-corrected chi connectivity index (χ2v) is 9.79. The summed E-state index contributed by atoms with van der Waals surface area (Å²) in [5.74, 6) is -0.0791. The molecule has 0 aromatic heterocycles. The zero-order chi connectivity index (χ0) is 25.4. The van der Waals surface area contributed by atoms with E-state index in [2.05, 4.69) is 21.0 Å². The normalized spacial score (nSPS) is 12.7. The van der Waals surface area contributed by atoms with Gasteiger partial charge in [-0.15, -0.1) is 0 Å². The lowest BCUT2D eigenvalue weighted by Crippen LogP contribution is -2.37. The minimum atomic E-state index is -0.362. The summed E-state index contributed by atoms with van der Waals surface area (Å²) < 4.78 is 0. The molecule has 0 heterocycles. The molecule has 4 N–H and O–H groups in total. The van der Waals surface area contributed by atoms with E-state index >= 15 is 0 Å². The molecule has 1 unspecified atom stereocenters. The second kappa shape index (κ2) is 23.3. The summed E-state index contributed by atoms with van der Waals surface area (Å²) in [5, 5.41) is 15.8. The Morgan fingerprint density at radius 2 is 1.41 bits per heavy atom. The molecular weight excluding hydrogens is 428 g/mol. The first-order valence-corrected chi connectivity index (χ1v) is 13.6. The molecule has 0 saturated carbocycles. The fourth-order valence-electron chi connectivity index (χ4n) is 4.08. The number of allylic oxidation sites excluding steroid dienone is 1. The molecule has 0 saturated heterocycles. The van der Waals surface area contributed by atoms with Crippen molar-refractivity contribution in [2.75, 3.05) is 40.8 Å². The fraction of sp³-hybridized carbons (Fsp3) is 0.852. The zero-order valence-electron chi connectivity index (χ0n) is 22.6. The van der Waals surface area contributed by atoms with Crippen LogP contribution in [0.3, 0.4) is 0 Å². The van der Waals surface area contributed by atoms with E-state index in [1.165, 1.54) is 57.8 Å².